The molecule has 5 heteroatoms. The number of hydrogen-bond acceptors (Lipinski definition) is 4. The van der Waals surface area contributed by atoms with E-state index in [0.717, 1.165) is 36.8 Å². The summed E-state index contributed by atoms with van der Waals surface area (Å²) in [6, 6.07) is 8.20. The minimum absolute atomic E-state index is 0.0986. The van der Waals surface area contributed by atoms with E-state index in [1.807, 2.05) is 12.1 Å². The van der Waals surface area contributed by atoms with Crippen LogP contribution in [0.25, 0.3) is 6.08 Å². The van der Waals surface area contributed by atoms with Gasteiger partial charge < -0.3 is 10.1 Å². The lowest BCUT2D eigenvalue weighted by Gasteiger charge is -2.18. The predicted molar refractivity (Wildman–Crippen MR) is 120 cm³/mol. The number of ether oxygens (including phenoxy) is 1. The highest BCUT2D eigenvalue weighted by Crippen LogP contribution is 2.38. The van der Waals surface area contributed by atoms with Gasteiger partial charge in [0, 0.05) is 11.0 Å². The molecule has 4 nitrogen and oxygen atoms in total. The van der Waals surface area contributed by atoms with E-state index in [-0.39, 0.29) is 17.3 Å². The van der Waals surface area contributed by atoms with Gasteiger partial charge in [0.2, 0.25) is 5.91 Å². The minimum Gasteiger partial charge on any atom is -0.462 e. The highest BCUT2D eigenvalue weighted by Gasteiger charge is 2.26. The summed E-state index contributed by atoms with van der Waals surface area (Å²) in [7, 11) is 0. The zero-order valence-corrected chi connectivity index (χ0v) is 18.4. The van der Waals surface area contributed by atoms with Crippen LogP contribution in [0.3, 0.4) is 0 Å². The first-order chi connectivity index (χ1) is 13.8. The van der Waals surface area contributed by atoms with Crippen LogP contribution in [0.15, 0.2) is 30.3 Å². The average molecular weight is 412 g/mol. The van der Waals surface area contributed by atoms with E-state index in [0.29, 0.717) is 17.2 Å². The lowest BCUT2D eigenvalue weighted by atomic mass is 9.87. The Bertz CT molecular complexity index is 917. The third-order valence-corrected chi connectivity index (χ3v) is 6.30. The second-order valence-electron chi connectivity index (χ2n) is 8.33. The monoisotopic (exact) mass is 411 g/mol. The molecule has 3 rings (SSSR count). The van der Waals surface area contributed by atoms with E-state index in [1.54, 1.807) is 13.0 Å². The molecule has 0 saturated heterocycles. The molecule has 29 heavy (non-hydrogen) atoms. The van der Waals surface area contributed by atoms with Gasteiger partial charge in [-0.2, -0.15) is 0 Å². The molecule has 154 valence electrons. The van der Waals surface area contributed by atoms with E-state index in [4.69, 9.17) is 4.74 Å². The molecule has 1 amide bonds. The van der Waals surface area contributed by atoms with E-state index >= 15 is 0 Å². The summed E-state index contributed by atoms with van der Waals surface area (Å²) >= 11 is 1.50. The van der Waals surface area contributed by atoms with Gasteiger partial charge in [-0.1, -0.05) is 45.0 Å². The molecular formula is C24H29NO3S. The van der Waals surface area contributed by atoms with Gasteiger partial charge in [-0.05, 0) is 60.8 Å². The Morgan fingerprint density at radius 2 is 1.83 bits per heavy atom. The van der Waals surface area contributed by atoms with Gasteiger partial charge in [-0.3, -0.25) is 4.79 Å². The fourth-order valence-corrected chi connectivity index (χ4v) is 4.77. The third kappa shape index (κ3) is 5.15. The molecule has 0 unspecified atom stereocenters. The van der Waals surface area contributed by atoms with Crippen molar-refractivity contribution in [3.8, 4) is 0 Å². The number of benzene rings is 1. The van der Waals surface area contributed by atoms with Crippen LogP contribution < -0.4 is 5.32 Å². The van der Waals surface area contributed by atoms with Gasteiger partial charge in [-0.25, -0.2) is 4.79 Å². The van der Waals surface area contributed by atoms with Crippen molar-refractivity contribution in [1.29, 1.82) is 0 Å². The van der Waals surface area contributed by atoms with Crippen LogP contribution in [0.5, 0.6) is 0 Å². The molecule has 2 aromatic rings. The Balaban J connectivity index is 1.76. The van der Waals surface area contributed by atoms with Gasteiger partial charge in [0.15, 0.2) is 0 Å². The number of nitrogens with one attached hydrogen (secondary N) is 1. The second-order valence-corrected chi connectivity index (χ2v) is 9.44. The Labute approximate surface area is 177 Å². The van der Waals surface area contributed by atoms with Crippen LogP contribution in [0, 0.1) is 0 Å². The Morgan fingerprint density at radius 1 is 1.14 bits per heavy atom. The Morgan fingerprint density at radius 3 is 2.48 bits per heavy atom. The van der Waals surface area contributed by atoms with Crippen molar-refractivity contribution >= 4 is 34.3 Å². The summed E-state index contributed by atoms with van der Waals surface area (Å²) in [5.41, 5.74) is 3.91. The van der Waals surface area contributed by atoms with Crippen LogP contribution in [0.4, 0.5) is 5.00 Å². The van der Waals surface area contributed by atoms with Crippen LogP contribution >= 0.6 is 11.3 Å². The standard InChI is InChI=1S/C24H29NO3S/c1-5-28-23(27)21-18-8-6-7-9-19(18)29-22(21)25-20(26)15-12-16-10-13-17(14-11-16)24(2,3)4/h10-15H,5-9H2,1-4H3,(H,25,26)/b15-12+. The normalized spacial score (nSPS) is 13.9. The quantitative estimate of drug-likeness (QED) is 0.503. The first-order valence-electron chi connectivity index (χ1n) is 10.2. The van der Waals surface area contributed by atoms with Crippen LogP contribution in [0.2, 0.25) is 0 Å². The maximum Gasteiger partial charge on any atom is 0.341 e. The van der Waals surface area contributed by atoms with E-state index in [1.165, 1.54) is 27.9 Å². The van der Waals surface area contributed by atoms with Crippen LogP contribution in [0.1, 0.15) is 72.5 Å². The van der Waals surface area contributed by atoms with Gasteiger partial charge in [0.1, 0.15) is 5.00 Å². The average Bonchev–Trinajstić information content (AvgIpc) is 3.04. The van der Waals surface area contributed by atoms with Gasteiger partial charge in [-0.15, -0.1) is 11.3 Å². The lowest BCUT2D eigenvalue weighted by molar-refractivity contribution is -0.111. The van der Waals surface area contributed by atoms with Crippen molar-refractivity contribution in [3.05, 3.63) is 57.5 Å². The van der Waals surface area contributed by atoms with Crippen LogP contribution in [-0.4, -0.2) is 18.5 Å². The first kappa shape index (κ1) is 21.3. The van der Waals surface area contributed by atoms with Crippen molar-refractivity contribution in [2.75, 3.05) is 11.9 Å². The second kappa shape index (κ2) is 8.95. The van der Waals surface area contributed by atoms with Gasteiger partial charge in [0.25, 0.3) is 0 Å². The number of amides is 1. The Hall–Kier alpha value is -2.40. The fourth-order valence-electron chi connectivity index (χ4n) is 3.49. The molecule has 0 atom stereocenters. The number of rotatable bonds is 5. The summed E-state index contributed by atoms with van der Waals surface area (Å²) in [4.78, 5) is 26.2. The van der Waals surface area contributed by atoms with Crippen LogP contribution in [-0.2, 0) is 27.8 Å². The molecule has 0 saturated carbocycles. The molecule has 0 radical (unpaired) electrons. The highest BCUT2D eigenvalue weighted by atomic mass is 32.1. The smallest absolute Gasteiger partial charge is 0.341 e. The number of aryl methyl sites for hydroxylation is 1. The predicted octanol–water partition coefficient (Wildman–Crippen LogP) is 5.75. The van der Waals surface area contributed by atoms with E-state index in [2.05, 4.69) is 38.2 Å². The molecule has 0 aliphatic heterocycles. The molecule has 1 aromatic carbocycles. The topological polar surface area (TPSA) is 55.4 Å². The van der Waals surface area contributed by atoms with Gasteiger partial charge in [0.05, 0.1) is 12.2 Å². The zero-order valence-electron chi connectivity index (χ0n) is 17.6. The number of esters is 1. The van der Waals surface area contributed by atoms with Crippen molar-refractivity contribution in [3.63, 3.8) is 0 Å². The number of anilines is 1. The molecule has 0 fully saturated rings. The van der Waals surface area contributed by atoms with Crippen molar-refractivity contribution < 1.29 is 14.3 Å². The third-order valence-electron chi connectivity index (χ3n) is 5.09. The van der Waals surface area contributed by atoms with Crippen molar-refractivity contribution in [2.24, 2.45) is 0 Å². The zero-order chi connectivity index (χ0) is 21.0. The summed E-state index contributed by atoms with van der Waals surface area (Å²) in [5.74, 6) is -0.585. The molecule has 1 aromatic heterocycles. The number of carbonyl (C=O) groups excluding carboxylic acids is 2. The molecule has 1 aliphatic carbocycles. The van der Waals surface area contributed by atoms with Crippen molar-refractivity contribution in [2.45, 2.75) is 58.8 Å². The number of hydrogen-bond donors (Lipinski definition) is 1. The Kier molecular flexibility index (Phi) is 6.58. The maximum atomic E-state index is 12.5. The lowest BCUT2D eigenvalue weighted by Crippen LogP contribution is -2.14. The SMILES string of the molecule is CCOC(=O)c1c(NC(=O)/C=C/c2ccc(C(C)(C)C)cc2)sc2c1CCCC2. The molecule has 1 aliphatic rings. The summed E-state index contributed by atoms with van der Waals surface area (Å²) < 4.78 is 5.24. The molecule has 1 heterocycles. The largest absolute Gasteiger partial charge is 0.462 e. The molecular weight excluding hydrogens is 382 g/mol. The number of fused-ring (bicyclic) bond motifs is 1. The summed E-state index contributed by atoms with van der Waals surface area (Å²) in [6.45, 7) is 8.64. The highest BCUT2D eigenvalue weighted by molar-refractivity contribution is 7.17. The first-order valence-corrected chi connectivity index (χ1v) is 11.0. The molecule has 1 N–H and O–H groups in total. The van der Waals surface area contributed by atoms with E-state index < -0.39 is 0 Å². The fraction of sp³-hybridized carbons (Fsp3) is 0.417. The molecule has 0 spiro atoms. The van der Waals surface area contributed by atoms with Crippen molar-refractivity contribution in [1.82, 2.24) is 0 Å². The summed E-state index contributed by atoms with van der Waals surface area (Å²) in [6.07, 6.45) is 7.31. The number of thiophene rings is 1. The van der Waals surface area contributed by atoms with Gasteiger partial charge >= 0.3 is 5.97 Å². The van der Waals surface area contributed by atoms with E-state index in [9.17, 15) is 9.59 Å². The maximum absolute atomic E-state index is 12.5. The molecule has 0 bridgehead atoms. The summed E-state index contributed by atoms with van der Waals surface area (Å²) in [5, 5.41) is 3.51. The minimum atomic E-state index is -0.344. The number of carbonyl (C=O) groups is 2.